The van der Waals surface area contributed by atoms with Gasteiger partial charge in [-0.1, -0.05) is 11.6 Å². The third-order valence-electron chi connectivity index (χ3n) is 3.57. The second kappa shape index (κ2) is 11.2. The van der Waals surface area contributed by atoms with Crippen molar-refractivity contribution in [1.82, 2.24) is 19.9 Å². The molecule has 0 unspecified atom stereocenters. The van der Waals surface area contributed by atoms with Crippen LogP contribution in [-0.4, -0.2) is 19.9 Å². The Morgan fingerprint density at radius 3 is 1.60 bits per heavy atom. The summed E-state index contributed by atoms with van der Waals surface area (Å²) in [5.74, 6) is -15.2. The van der Waals surface area contributed by atoms with Crippen LogP contribution < -0.4 is 5.56 Å². The van der Waals surface area contributed by atoms with E-state index in [1.807, 2.05) is 0 Å². The van der Waals surface area contributed by atoms with Crippen LogP contribution in [0, 0.1) is 46.5 Å². The van der Waals surface area contributed by atoms with Crippen LogP contribution in [0.15, 0.2) is 17.4 Å². The number of halogens is 12. The number of hydrogen-bond acceptors (Lipinski definition) is 5. The average Bonchev–Trinajstić information content (AvgIpc) is 2.77. The van der Waals surface area contributed by atoms with Gasteiger partial charge in [-0.15, -0.1) is 0 Å². The molecule has 4 aromatic rings. The molecule has 2 aromatic carbocycles. The van der Waals surface area contributed by atoms with Crippen LogP contribution in [0.25, 0.3) is 21.8 Å². The van der Waals surface area contributed by atoms with Gasteiger partial charge < -0.3 is 4.98 Å². The quantitative estimate of drug-likeness (QED) is 0.0753. The van der Waals surface area contributed by atoms with Gasteiger partial charge in [-0.2, -0.15) is 0 Å². The number of rotatable bonds is 0. The predicted octanol–water partition coefficient (Wildman–Crippen LogP) is 7.13. The molecule has 0 saturated heterocycles. The minimum absolute atomic E-state index is 0.648. The molecule has 0 atom stereocenters. The number of H-pyrrole nitrogens is 1. The molecule has 0 radical (unpaired) electrons. The molecule has 0 saturated carbocycles. The second-order valence-corrected chi connectivity index (χ2v) is 12.6. The largest absolute Gasteiger partial charge is 0.339 e. The fraction of sp³-hybridized carbons (Fsp3) is 0. The van der Waals surface area contributed by atoms with Crippen LogP contribution in [0.3, 0.4) is 0 Å². The van der Waals surface area contributed by atoms with E-state index in [0.717, 1.165) is 0 Å². The lowest BCUT2D eigenvalue weighted by Crippen LogP contribution is -2.12. The monoisotopic (exact) mass is 608 g/mol. The van der Waals surface area contributed by atoms with Crippen molar-refractivity contribution in [2.45, 2.75) is 0 Å². The van der Waals surface area contributed by atoms with Crippen LogP contribution in [0.1, 0.15) is 2.74 Å². The van der Waals surface area contributed by atoms with Gasteiger partial charge in [0.15, 0.2) is 46.5 Å². The van der Waals surface area contributed by atoms with E-state index < -0.39 is 96.9 Å². The Balaban J connectivity index is 0.000000221. The van der Waals surface area contributed by atoms with E-state index in [1.54, 1.807) is 4.98 Å². The Bertz CT molecular complexity index is 1650. The molecule has 0 spiro atoms. The van der Waals surface area contributed by atoms with Gasteiger partial charge >= 0.3 is 5.20 Å². The van der Waals surface area contributed by atoms with E-state index in [-0.39, 0.29) is 0 Å². The second-order valence-electron chi connectivity index (χ2n) is 5.65. The minimum atomic E-state index is -3.22. The number of aromatic nitrogens is 4. The van der Waals surface area contributed by atoms with Crippen molar-refractivity contribution in [2.24, 2.45) is 0 Å². The number of aromatic amines is 1. The van der Waals surface area contributed by atoms with Crippen molar-refractivity contribution in [2.75, 3.05) is 0 Å². The van der Waals surface area contributed by atoms with Gasteiger partial charge in [0.1, 0.15) is 30.6 Å². The number of nitrogens with one attached hydrogen (secondary N) is 1. The van der Waals surface area contributed by atoms with Gasteiger partial charge in [0.05, 0.1) is 11.7 Å². The van der Waals surface area contributed by atoms with Crippen molar-refractivity contribution in [3.8, 4) is 0 Å². The number of hydrogen-bond donors (Lipinski definition) is 1. The van der Waals surface area contributed by atoms with Crippen LogP contribution in [0.5, 0.6) is 0 Å². The third-order valence-corrected chi connectivity index (χ3v) is 3.84. The zero-order valence-corrected chi connectivity index (χ0v) is 19.6. The topological polar surface area (TPSA) is 88.6 Å². The van der Waals surface area contributed by atoms with Crippen LogP contribution in [-0.2, 0) is 4.57 Å². The molecule has 2 heterocycles. The summed E-state index contributed by atoms with van der Waals surface area (Å²) < 4.78 is 127. The average molecular weight is 610 g/mol. The van der Waals surface area contributed by atoms with E-state index in [0.29, 0.717) is 0 Å². The standard InChI is InChI=1S/C8HClF4N2.C8H2F4N2O.Cl3OP/c9-8-2-3(10)4(11)5(12)6(13)7(2)14-1-15-8;9-3-2-7(13-1-14-8(2)15)6(12)5(11)4(3)10;1-5(2,3)4/h1H;1H,(H,13,14,15);/i2*1D;. The van der Waals surface area contributed by atoms with Gasteiger partial charge in [-0.3, -0.25) is 9.36 Å². The Morgan fingerprint density at radius 1 is 0.714 bits per heavy atom. The van der Waals surface area contributed by atoms with Crippen LogP contribution in [0.4, 0.5) is 35.1 Å². The van der Waals surface area contributed by atoms with Crippen molar-refractivity contribution < 1.29 is 42.4 Å². The minimum Gasteiger partial charge on any atom is -0.313 e. The van der Waals surface area contributed by atoms with Gasteiger partial charge in [-0.05, 0) is 33.7 Å². The highest BCUT2D eigenvalue weighted by Crippen LogP contribution is 2.61. The van der Waals surface area contributed by atoms with E-state index in [4.69, 9.17) is 14.3 Å². The summed E-state index contributed by atoms with van der Waals surface area (Å²) in [6.45, 7) is 0. The molecule has 0 bridgehead atoms. The van der Waals surface area contributed by atoms with Gasteiger partial charge in [0.2, 0.25) is 0 Å². The Hall–Kier alpha value is -2.25. The van der Waals surface area contributed by atoms with Gasteiger partial charge in [-0.25, -0.2) is 50.1 Å². The molecule has 1 N–H and O–H groups in total. The summed E-state index contributed by atoms with van der Waals surface area (Å²) >= 11 is 19.2. The molecule has 0 aliphatic rings. The van der Waals surface area contributed by atoms with E-state index >= 15 is 0 Å². The fourth-order valence-electron chi connectivity index (χ4n) is 2.22. The molecule has 19 heteroatoms. The summed E-state index contributed by atoms with van der Waals surface area (Å²) in [7, 11) is 0. The molecule has 188 valence electrons. The summed E-state index contributed by atoms with van der Waals surface area (Å²) in [6.07, 6.45) is -1.50. The molecular formula is C16H3Cl4F8N4O2P. The zero-order valence-electron chi connectivity index (χ0n) is 17.6. The first-order valence-corrected chi connectivity index (χ1v) is 12.7. The summed E-state index contributed by atoms with van der Waals surface area (Å²) in [5.41, 5.74) is -3.11. The Kier molecular flexibility index (Phi) is 8.27. The van der Waals surface area contributed by atoms with Crippen LogP contribution >= 0.6 is 50.5 Å². The molecule has 0 aliphatic carbocycles. The zero-order chi connectivity index (χ0) is 28.6. The van der Waals surface area contributed by atoms with Crippen molar-refractivity contribution in [3.63, 3.8) is 0 Å². The lowest BCUT2D eigenvalue weighted by molar-refractivity contribution is 0.416. The molecular weight excluding hydrogens is 605 g/mol. The maximum absolute atomic E-state index is 13.2. The first-order valence-electron chi connectivity index (χ1n) is 8.94. The Morgan fingerprint density at radius 2 is 1.11 bits per heavy atom. The highest BCUT2D eigenvalue weighted by atomic mass is 36.0. The molecule has 35 heavy (non-hydrogen) atoms. The van der Waals surface area contributed by atoms with Crippen molar-refractivity contribution >= 4 is 72.3 Å². The highest BCUT2D eigenvalue weighted by molar-refractivity contribution is 8.24. The third kappa shape index (κ3) is 6.50. The van der Waals surface area contributed by atoms with E-state index in [2.05, 4.69) is 48.7 Å². The lowest BCUT2D eigenvalue weighted by Gasteiger charge is -2.03. The van der Waals surface area contributed by atoms with Gasteiger partial charge in [0.25, 0.3) is 5.56 Å². The first-order chi connectivity index (χ1) is 16.9. The van der Waals surface area contributed by atoms with E-state index in [1.165, 1.54) is 0 Å². The number of nitrogens with zero attached hydrogens (tertiary/aromatic N) is 3. The normalized spacial score (nSPS) is 11.9. The van der Waals surface area contributed by atoms with Gasteiger partial charge in [0, 0.05) is 0 Å². The number of benzene rings is 2. The highest BCUT2D eigenvalue weighted by Gasteiger charge is 2.24. The fourth-order valence-corrected chi connectivity index (χ4v) is 2.43. The maximum atomic E-state index is 13.2. The number of fused-ring (bicyclic) bond motifs is 2. The SMILES string of the molecule is O=P(Cl)(Cl)Cl.[2H]c1nc(Cl)c2c(F)c(F)c(F)c(F)c2n1.[2H]c1nc2c(F)c(F)c(F)c(F)c2c(=O)[nH]1. The molecule has 4 rings (SSSR count). The van der Waals surface area contributed by atoms with E-state index in [9.17, 15) is 44.5 Å². The van der Waals surface area contributed by atoms with Crippen molar-refractivity contribution in [1.29, 1.82) is 0 Å². The molecule has 2 aromatic heterocycles. The van der Waals surface area contributed by atoms with Crippen LogP contribution in [0.2, 0.25) is 5.15 Å². The first kappa shape index (κ1) is 25.8. The molecule has 6 nitrogen and oxygen atoms in total. The molecule has 0 amide bonds. The molecule has 0 aliphatic heterocycles. The smallest absolute Gasteiger partial charge is 0.313 e. The predicted molar refractivity (Wildman–Crippen MR) is 112 cm³/mol. The lowest BCUT2D eigenvalue weighted by atomic mass is 10.2. The maximum Gasteiger partial charge on any atom is 0.339 e. The summed E-state index contributed by atoms with van der Waals surface area (Å²) in [5, 5.41) is -5.70. The van der Waals surface area contributed by atoms with Crippen molar-refractivity contribution in [3.05, 3.63) is 74.7 Å². The summed E-state index contributed by atoms with van der Waals surface area (Å²) in [4.78, 5) is 22.3. The Labute approximate surface area is 209 Å². The summed E-state index contributed by atoms with van der Waals surface area (Å²) in [6, 6.07) is 0. The molecule has 0 fully saturated rings.